The topological polar surface area (TPSA) is 29.5 Å². The quantitative estimate of drug-likeness (QED) is 0.589. The summed E-state index contributed by atoms with van der Waals surface area (Å²) in [6, 6.07) is 14.6. The standard InChI is InChI=1S/C24H26FNO2/c25-21-6-2-3-18(15-21)9-14-24(27)26(22-10-11-22)16-19-7-12-23(13-8-19)28-17-20-4-1-5-20/h2-3,6-9,12-15,20,22H,1,4-5,10-11,16-17H2. The van der Waals surface area contributed by atoms with Gasteiger partial charge in [-0.05, 0) is 73.1 Å². The van der Waals surface area contributed by atoms with Gasteiger partial charge in [-0.2, -0.15) is 0 Å². The van der Waals surface area contributed by atoms with Crippen molar-refractivity contribution in [1.29, 1.82) is 0 Å². The molecule has 0 heterocycles. The van der Waals surface area contributed by atoms with Crippen LogP contribution >= 0.6 is 0 Å². The third-order valence-electron chi connectivity index (χ3n) is 5.52. The summed E-state index contributed by atoms with van der Waals surface area (Å²) < 4.78 is 19.1. The molecule has 1 amide bonds. The summed E-state index contributed by atoms with van der Waals surface area (Å²) in [7, 11) is 0. The molecule has 4 heteroatoms. The van der Waals surface area contributed by atoms with Crippen LogP contribution in [0.2, 0.25) is 0 Å². The van der Waals surface area contributed by atoms with Crippen LogP contribution in [-0.2, 0) is 11.3 Å². The Labute approximate surface area is 165 Å². The molecule has 0 spiro atoms. The van der Waals surface area contributed by atoms with Crippen molar-refractivity contribution in [3.8, 4) is 5.75 Å². The van der Waals surface area contributed by atoms with Crippen LogP contribution in [0.15, 0.2) is 54.6 Å². The molecule has 2 aliphatic carbocycles. The zero-order valence-corrected chi connectivity index (χ0v) is 16.0. The van der Waals surface area contributed by atoms with Crippen LogP contribution in [0.1, 0.15) is 43.2 Å². The fourth-order valence-electron chi connectivity index (χ4n) is 3.41. The van der Waals surface area contributed by atoms with Gasteiger partial charge in [0.15, 0.2) is 0 Å². The molecule has 0 saturated heterocycles. The molecule has 0 N–H and O–H groups in total. The lowest BCUT2D eigenvalue weighted by Gasteiger charge is -2.25. The highest BCUT2D eigenvalue weighted by Crippen LogP contribution is 2.30. The van der Waals surface area contributed by atoms with Gasteiger partial charge in [0.2, 0.25) is 5.91 Å². The van der Waals surface area contributed by atoms with Crippen molar-refractivity contribution in [2.24, 2.45) is 5.92 Å². The van der Waals surface area contributed by atoms with Crippen LogP contribution in [-0.4, -0.2) is 23.5 Å². The van der Waals surface area contributed by atoms with E-state index in [-0.39, 0.29) is 11.7 Å². The van der Waals surface area contributed by atoms with Gasteiger partial charge >= 0.3 is 0 Å². The first-order valence-electron chi connectivity index (χ1n) is 10.1. The zero-order valence-electron chi connectivity index (χ0n) is 16.0. The third kappa shape index (κ3) is 5.00. The van der Waals surface area contributed by atoms with Gasteiger partial charge in [-0.25, -0.2) is 4.39 Å². The Hall–Kier alpha value is -2.62. The van der Waals surface area contributed by atoms with Crippen molar-refractivity contribution in [2.75, 3.05) is 6.61 Å². The van der Waals surface area contributed by atoms with Gasteiger partial charge in [0.1, 0.15) is 11.6 Å². The van der Waals surface area contributed by atoms with Crippen LogP contribution in [0.5, 0.6) is 5.75 Å². The molecule has 4 rings (SSSR count). The molecule has 2 fully saturated rings. The van der Waals surface area contributed by atoms with E-state index >= 15 is 0 Å². The highest BCUT2D eigenvalue weighted by Gasteiger charge is 2.31. The maximum Gasteiger partial charge on any atom is 0.247 e. The molecule has 0 radical (unpaired) electrons. The lowest BCUT2D eigenvalue weighted by molar-refractivity contribution is -0.127. The maximum absolute atomic E-state index is 13.3. The molecule has 0 aliphatic heterocycles. The fourth-order valence-corrected chi connectivity index (χ4v) is 3.41. The number of amides is 1. The molecule has 0 unspecified atom stereocenters. The Balaban J connectivity index is 1.35. The summed E-state index contributed by atoms with van der Waals surface area (Å²) in [5.74, 6) is 1.28. The van der Waals surface area contributed by atoms with Crippen molar-refractivity contribution in [1.82, 2.24) is 4.90 Å². The number of benzene rings is 2. The summed E-state index contributed by atoms with van der Waals surface area (Å²) in [6.45, 7) is 1.39. The van der Waals surface area contributed by atoms with E-state index in [1.165, 1.54) is 31.4 Å². The normalized spacial score (nSPS) is 16.8. The summed E-state index contributed by atoms with van der Waals surface area (Å²) in [4.78, 5) is 14.6. The van der Waals surface area contributed by atoms with Gasteiger partial charge in [-0.3, -0.25) is 4.79 Å². The minimum Gasteiger partial charge on any atom is -0.493 e. The van der Waals surface area contributed by atoms with E-state index in [9.17, 15) is 9.18 Å². The van der Waals surface area contributed by atoms with Crippen molar-refractivity contribution < 1.29 is 13.9 Å². The number of hydrogen-bond donors (Lipinski definition) is 0. The van der Waals surface area contributed by atoms with Gasteiger partial charge in [0.25, 0.3) is 0 Å². The first-order valence-corrected chi connectivity index (χ1v) is 10.1. The summed E-state index contributed by atoms with van der Waals surface area (Å²) >= 11 is 0. The summed E-state index contributed by atoms with van der Waals surface area (Å²) in [6.07, 6.45) is 9.19. The second-order valence-electron chi connectivity index (χ2n) is 7.84. The molecule has 0 atom stereocenters. The van der Waals surface area contributed by atoms with Crippen LogP contribution in [0.4, 0.5) is 4.39 Å². The second-order valence-corrected chi connectivity index (χ2v) is 7.84. The number of carbonyl (C=O) groups excluding carboxylic acids is 1. The van der Waals surface area contributed by atoms with E-state index in [4.69, 9.17) is 4.74 Å². The number of halogens is 1. The molecular weight excluding hydrogens is 353 g/mol. The van der Waals surface area contributed by atoms with Crippen LogP contribution in [0, 0.1) is 11.7 Å². The molecule has 0 aromatic heterocycles. The van der Waals surface area contributed by atoms with E-state index in [0.29, 0.717) is 24.1 Å². The largest absolute Gasteiger partial charge is 0.493 e. The Bertz CT molecular complexity index is 838. The molecule has 2 saturated carbocycles. The zero-order chi connectivity index (χ0) is 19.3. The molecule has 3 nitrogen and oxygen atoms in total. The molecular formula is C24H26FNO2. The number of hydrogen-bond acceptors (Lipinski definition) is 2. The van der Waals surface area contributed by atoms with Gasteiger partial charge in [0.05, 0.1) is 6.61 Å². The second kappa shape index (κ2) is 8.59. The minimum atomic E-state index is -0.298. The number of rotatable bonds is 8. The van der Waals surface area contributed by atoms with Crippen LogP contribution in [0.3, 0.4) is 0 Å². The van der Waals surface area contributed by atoms with E-state index in [0.717, 1.165) is 30.8 Å². The Morgan fingerprint density at radius 2 is 1.89 bits per heavy atom. The van der Waals surface area contributed by atoms with E-state index < -0.39 is 0 Å². The fraction of sp³-hybridized carbons (Fsp3) is 0.375. The Kier molecular flexibility index (Phi) is 5.75. The average molecular weight is 379 g/mol. The molecule has 0 bridgehead atoms. The molecule has 28 heavy (non-hydrogen) atoms. The summed E-state index contributed by atoms with van der Waals surface area (Å²) in [5, 5.41) is 0. The van der Waals surface area contributed by atoms with Crippen LogP contribution < -0.4 is 4.74 Å². The number of nitrogens with zero attached hydrogens (tertiary/aromatic N) is 1. The maximum atomic E-state index is 13.3. The van der Waals surface area contributed by atoms with Crippen LogP contribution in [0.25, 0.3) is 6.08 Å². The first-order chi connectivity index (χ1) is 13.7. The number of ether oxygens (including phenoxy) is 1. The molecule has 2 aromatic rings. The van der Waals surface area contributed by atoms with Gasteiger partial charge in [0, 0.05) is 18.7 Å². The molecule has 2 aromatic carbocycles. The van der Waals surface area contributed by atoms with Gasteiger partial charge < -0.3 is 9.64 Å². The van der Waals surface area contributed by atoms with Crippen molar-refractivity contribution >= 4 is 12.0 Å². The molecule has 2 aliphatic rings. The van der Waals surface area contributed by atoms with E-state index in [1.807, 2.05) is 29.2 Å². The minimum absolute atomic E-state index is 0.0305. The van der Waals surface area contributed by atoms with Gasteiger partial charge in [-0.15, -0.1) is 0 Å². The lowest BCUT2D eigenvalue weighted by atomic mass is 9.86. The van der Waals surface area contributed by atoms with Gasteiger partial charge in [-0.1, -0.05) is 30.7 Å². The lowest BCUT2D eigenvalue weighted by Crippen LogP contribution is -2.31. The average Bonchev–Trinajstić information content (AvgIpc) is 3.49. The first kappa shape index (κ1) is 18.7. The van der Waals surface area contributed by atoms with Crippen molar-refractivity contribution in [3.05, 3.63) is 71.6 Å². The predicted molar refractivity (Wildman–Crippen MR) is 108 cm³/mol. The van der Waals surface area contributed by atoms with Crippen molar-refractivity contribution in [2.45, 2.75) is 44.7 Å². The number of carbonyl (C=O) groups is 1. The monoisotopic (exact) mass is 379 g/mol. The Morgan fingerprint density at radius 3 is 2.54 bits per heavy atom. The summed E-state index contributed by atoms with van der Waals surface area (Å²) in [5.41, 5.74) is 1.78. The molecule has 146 valence electrons. The SMILES string of the molecule is O=C(C=Cc1cccc(F)c1)N(Cc1ccc(OCC2CCC2)cc1)C1CC1. The highest BCUT2D eigenvalue weighted by molar-refractivity contribution is 5.92. The highest BCUT2D eigenvalue weighted by atomic mass is 19.1. The van der Waals surface area contributed by atoms with E-state index in [1.54, 1.807) is 24.3 Å². The Morgan fingerprint density at radius 1 is 1.11 bits per heavy atom. The van der Waals surface area contributed by atoms with Crippen molar-refractivity contribution in [3.63, 3.8) is 0 Å². The smallest absolute Gasteiger partial charge is 0.247 e. The van der Waals surface area contributed by atoms with E-state index in [2.05, 4.69) is 0 Å². The predicted octanol–water partition coefficient (Wildman–Crippen LogP) is 5.21. The third-order valence-corrected chi connectivity index (χ3v) is 5.52.